The van der Waals surface area contributed by atoms with E-state index in [1.807, 2.05) is 0 Å². The molecule has 0 atom stereocenters. The van der Waals surface area contributed by atoms with Crippen molar-refractivity contribution in [2.24, 2.45) is 0 Å². The number of aromatic carboxylic acids is 1. The summed E-state index contributed by atoms with van der Waals surface area (Å²) in [7, 11) is 1.61. The number of nitrogens with zero attached hydrogens (tertiary/aromatic N) is 4. The predicted octanol–water partition coefficient (Wildman–Crippen LogP) is 1.85. The van der Waals surface area contributed by atoms with Crippen LogP contribution < -0.4 is 4.90 Å². The molecule has 2 heterocycles. The zero-order chi connectivity index (χ0) is 14.7. The molecule has 8 heteroatoms. The van der Waals surface area contributed by atoms with Gasteiger partial charge in [-0.3, -0.25) is 15.1 Å². The van der Waals surface area contributed by atoms with Crippen molar-refractivity contribution < 1.29 is 14.8 Å². The molecular weight excluding hydrogens is 264 g/mol. The van der Waals surface area contributed by atoms with Crippen molar-refractivity contribution in [3.63, 3.8) is 0 Å². The van der Waals surface area contributed by atoms with E-state index in [-0.39, 0.29) is 17.1 Å². The summed E-state index contributed by atoms with van der Waals surface area (Å²) in [4.78, 5) is 30.5. The van der Waals surface area contributed by atoms with E-state index in [2.05, 4.69) is 9.97 Å². The van der Waals surface area contributed by atoms with Gasteiger partial charge < -0.3 is 10.0 Å². The van der Waals surface area contributed by atoms with Crippen LogP contribution in [0.4, 0.5) is 17.2 Å². The van der Waals surface area contributed by atoms with Crippen molar-refractivity contribution >= 4 is 23.2 Å². The molecule has 2 aromatic heterocycles. The van der Waals surface area contributed by atoms with Crippen LogP contribution in [0.1, 0.15) is 10.4 Å². The van der Waals surface area contributed by atoms with Gasteiger partial charge in [0.15, 0.2) is 0 Å². The standard InChI is InChI=1S/C12H10N4O4/c1-15(8-3-2-4-13-6-8)11-10(12(17)18)5-9(7-14-11)16(19)20/h2-7H,1H3,(H,17,18). The minimum atomic E-state index is -1.29. The lowest BCUT2D eigenvalue weighted by Gasteiger charge is -2.19. The fourth-order valence-electron chi connectivity index (χ4n) is 1.65. The highest BCUT2D eigenvalue weighted by Crippen LogP contribution is 2.26. The second kappa shape index (κ2) is 5.31. The summed E-state index contributed by atoms with van der Waals surface area (Å²) < 4.78 is 0. The van der Waals surface area contributed by atoms with E-state index in [9.17, 15) is 14.9 Å². The Labute approximate surface area is 113 Å². The van der Waals surface area contributed by atoms with Gasteiger partial charge in [0, 0.05) is 19.3 Å². The first-order valence-electron chi connectivity index (χ1n) is 5.52. The number of carbonyl (C=O) groups is 1. The highest BCUT2D eigenvalue weighted by atomic mass is 16.6. The lowest BCUT2D eigenvalue weighted by molar-refractivity contribution is -0.385. The van der Waals surface area contributed by atoms with E-state index >= 15 is 0 Å². The molecule has 20 heavy (non-hydrogen) atoms. The molecule has 0 aliphatic heterocycles. The largest absolute Gasteiger partial charge is 0.478 e. The summed E-state index contributed by atoms with van der Waals surface area (Å²) >= 11 is 0. The van der Waals surface area contributed by atoms with Gasteiger partial charge >= 0.3 is 5.97 Å². The maximum atomic E-state index is 11.2. The Morgan fingerprint density at radius 2 is 2.20 bits per heavy atom. The SMILES string of the molecule is CN(c1cccnc1)c1ncc([N+](=O)[O-])cc1C(=O)O. The Balaban J connectivity index is 2.51. The molecule has 0 bridgehead atoms. The maximum absolute atomic E-state index is 11.2. The monoisotopic (exact) mass is 274 g/mol. The molecule has 0 aromatic carbocycles. The molecule has 0 spiro atoms. The van der Waals surface area contributed by atoms with Gasteiger partial charge in [-0.1, -0.05) is 0 Å². The number of carboxylic acids is 1. The first kappa shape index (κ1) is 13.4. The van der Waals surface area contributed by atoms with Crippen molar-refractivity contribution in [3.05, 3.63) is 52.5 Å². The van der Waals surface area contributed by atoms with Crippen LogP contribution >= 0.6 is 0 Å². The van der Waals surface area contributed by atoms with E-state index in [0.29, 0.717) is 5.69 Å². The van der Waals surface area contributed by atoms with Crippen LogP contribution in [0.25, 0.3) is 0 Å². The molecule has 0 unspecified atom stereocenters. The average molecular weight is 274 g/mol. The highest BCUT2D eigenvalue weighted by molar-refractivity contribution is 5.95. The van der Waals surface area contributed by atoms with Gasteiger partial charge in [-0.15, -0.1) is 0 Å². The Kier molecular flexibility index (Phi) is 3.56. The van der Waals surface area contributed by atoms with Gasteiger partial charge in [-0.25, -0.2) is 9.78 Å². The molecule has 0 saturated heterocycles. The predicted molar refractivity (Wildman–Crippen MR) is 70.2 cm³/mol. The molecular formula is C12H10N4O4. The van der Waals surface area contributed by atoms with Crippen LogP contribution in [0.15, 0.2) is 36.8 Å². The summed E-state index contributed by atoms with van der Waals surface area (Å²) in [6, 6.07) is 4.40. The molecule has 0 amide bonds. The number of hydrogen-bond donors (Lipinski definition) is 1. The van der Waals surface area contributed by atoms with Crippen LogP contribution in [0, 0.1) is 10.1 Å². The van der Waals surface area contributed by atoms with Gasteiger partial charge in [0.25, 0.3) is 5.69 Å². The minimum absolute atomic E-state index is 0.108. The Morgan fingerprint density at radius 1 is 1.45 bits per heavy atom. The fourth-order valence-corrected chi connectivity index (χ4v) is 1.65. The molecule has 0 fully saturated rings. The summed E-state index contributed by atoms with van der Waals surface area (Å²) in [6.07, 6.45) is 4.14. The quantitative estimate of drug-likeness (QED) is 0.669. The van der Waals surface area contributed by atoms with Crippen LogP contribution in [-0.4, -0.2) is 33.0 Å². The molecule has 2 rings (SSSR count). The van der Waals surface area contributed by atoms with Crippen LogP contribution in [0.5, 0.6) is 0 Å². The van der Waals surface area contributed by atoms with Crippen LogP contribution in [-0.2, 0) is 0 Å². The third kappa shape index (κ3) is 2.53. The van der Waals surface area contributed by atoms with Gasteiger partial charge in [0.05, 0.1) is 16.8 Å². The normalized spacial score (nSPS) is 10.1. The third-order valence-electron chi connectivity index (χ3n) is 2.64. The lowest BCUT2D eigenvalue weighted by atomic mass is 10.2. The summed E-state index contributed by atoms with van der Waals surface area (Å²) in [5, 5.41) is 19.8. The van der Waals surface area contributed by atoms with Gasteiger partial charge in [0.1, 0.15) is 17.6 Å². The Hall–Kier alpha value is -3.03. The van der Waals surface area contributed by atoms with Gasteiger partial charge in [-0.05, 0) is 12.1 Å². The molecule has 0 aliphatic carbocycles. The van der Waals surface area contributed by atoms with Crippen molar-refractivity contribution in [3.8, 4) is 0 Å². The molecule has 0 saturated carbocycles. The van der Waals surface area contributed by atoms with Gasteiger partial charge in [-0.2, -0.15) is 0 Å². The van der Waals surface area contributed by atoms with Crippen molar-refractivity contribution in [1.82, 2.24) is 9.97 Å². The van der Waals surface area contributed by atoms with Crippen LogP contribution in [0.3, 0.4) is 0 Å². The molecule has 2 aromatic rings. The number of carboxylic acid groups (broad SMARTS) is 1. The topological polar surface area (TPSA) is 109 Å². The van der Waals surface area contributed by atoms with Gasteiger partial charge in [0.2, 0.25) is 0 Å². The zero-order valence-electron chi connectivity index (χ0n) is 10.4. The lowest BCUT2D eigenvalue weighted by Crippen LogP contribution is -2.16. The van der Waals surface area contributed by atoms with E-state index in [1.165, 1.54) is 11.1 Å². The summed E-state index contributed by atoms with van der Waals surface area (Å²) in [5.41, 5.74) is 0.00708. The van der Waals surface area contributed by atoms with E-state index < -0.39 is 10.9 Å². The number of nitro groups is 1. The highest BCUT2D eigenvalue weighted by Gasteiger charge is 2.20. The first-order chi connectivity index (χ1) is 9.50. The molecule has 0 aliphatic rings. The van der Waals surface area contributed by atoms with Crippen molar-refractivity contribution in [1.29, 1.82) is 0 Å². The zero-order valence-corrected chi connectivity index (χ0v) is 10.4. The summed E-state index contributed by atoms with van der Waals surface area (Å²) in [6.45, 7) is 0. The number of aromatic nitrogens is 2. The van der Waals surface area contributed by atoms with E-state index in [1.54, 1.807) is 25.4 Å². The van der Waals surface area contributed by atoms with E-state index in [4.69, 9.17) is 5.11 Å². The smallest absolute Gasteiger partial charge is 0.339 e. The molecule has 8 nitrogen and oxygen atoms in total. The van der Waals surface area contributed by atoms with Crippen molar-refractivity contribution in [2.45, 2.75) is 0 Å². The maximum Gasteiger partial charge on any atom is 0.339 e. The third-order valence-corrected chi connectivity index (χ3v) is 2.64. The number of rotatable bonds is 4. The fraction of sp³-hybridized carbons (Fsp3) is 0.0833. The minimum Gasteiger partial charge on any atom is -0.478 e. The van der Waals surface area contributed by atoms with E-state index in [0.717, 1.165) is 12.3 Å². The number of anilines is 2. The molecule has 102 valence electrons. The Morgan fingerprint density at radius 3 is 2.75 bits per heavy atom. The molecule has 1 N–H and O–H groups in total. The first-order valence-corrected chi connectivity index (χ1v) is 5.52. The Bertz CT molecular complexity index is 660. The second-order valence-electron chi connectivity index (χ2n) is 3.90. The second-order valence-corrected chi connectivity index (χ2v) is 3.90. The summed E-state index contributed by atoms with van der Waals surface area (Å²) in [5.74, 6) is -1.18. The van der Waals surface area contributed by atoms with Crippen LogP contribution in [0.2, 0.25) is 0 Å². The van der Waals surface area contributed by atoms with Crippen molar-refractivity contribution in [2.75, 3.05) is 11.9 Å². The average Bonchev–Trinajstić information content (AvgIpc) is 2.46. The number of pyridine rings is 2. The molecule has 0 radical (unpaired) electrons. The number of hydrogen-bond acceptors (Lipinski definition) is 6.